The Hall–Kier alpha value is -1.64. The number of carbonyl (C=O) groups excluding carboxylic acids is 2. The van der Waals surface area contributed by atoms with Crippen LogP contribution in [0.1, 0.15) is 7.85 Å². The first-order chi connectivity index (χ1) is 13.1. The number of aryl methyl sites for hydroxylation is 1. The monoisotopic (exact) mass is 442 g/mol. The van der Waals surface area contributed by atoms with Crippen LogP contribution in [0.5, 0.6) is 0 Å². The third-order valence-electron chi connectivity index (χ3n) is 5.11. The standard InChI is InChI=1S/C14H13F3N6O4S.Na.H/c1-21-13(18-19-20-21)28-4-6-2-5-3-22(12(27)14(15,16)17)9-7(5)23(10(9)24)8(6)11(25)26;;/h5,7,9H,2-4H2,1H3,(H,25,26);;/q;+1;-1/t5-,7-,9+;;/m1../s1. The number of alkyl halides is 3. The molecule has 0 spiro atoms. The Balaban J connectivity index is 0.00000160. The molecule has 0 bridgehead atoms. The Labute approximate surface area is 189 Å². The van der Waals surface area contributed by atoms with E-state index in [-0.39, 0.29) is 55.4 Å². The van der Waals surface area contributed by atoms with Gasteiger partial charge in [-0.15, -0.1) is 5.10 Å². The summed E-state index contributed by atoms with van der Waals surface area (Å²) in [6.45, 7) is -0.248. The Bertz CT molecular complexity index is 928. The maximum absolute atomic E-state index is 12.8. The van der Waals surface area contributed by atoms with Crippen LogP contribution in [0.15, 0.2) is 16.4 Å². The number of likely N-dealkylation sites (tertiary alicyclic amines) is 1. The van der Waals surface area contributed by atoms with E-state index in [1.807, 2.05) is 0 Å². The molecular formula is C14H14F3N6NaO4S. The minimum absolute atomic E-state index is 0. The smallest absolute Gasteiger partial charge is 1.00 e. The normalized spacial score (nSPS) is 25.5. The molecule has 0 radical (unpaired) electrons. The Morgan fingerprint density at radius 1 is 1.38 bits per heavy atom. The first kappa shape index (κ1) is 22.1. The van der Waals surface area contributed by atoms with Gasteiger partial charge in [-0.25, -0.2) is 9.48 Å². The zero-order valence-electron chi connectivity index (χ0n) is 16.3. The van der Waals surface area contributed by atoms with E-state index in [2.05, 4.69) is 15.5 Å². The van der Waals surface area contributed by atoms with Crippen molar-refractivity contribution in [2.24, 2.45) is 13.0 Å². The third kappa shape index (κ3) is 3.45. The fraction of sp³-hybridized carbons (Fsp3) is 0.571. The largest absolute Gasteiger partial charge is 1.00 e. The molecule has 4 heterocycles. The van der Waals surface area contributed by atoms with Gasteiger partial charge in [0, 0.05) is 25.3 Å². The van der Waals surface area contributed by atoms with Crippen LogP contribution in [0.3, 0.4) is 0 Å². The zero-order chi connectivity index (χ0) is 20.4. The van der Waals surface area contributed by atoms with Gasteiger partial charge in [-0.1, -0.05) is 11.8 Å². The summed E-state index contributed by atoms with van der Waals surface area (Å²) >= 11 is 1.15. The quantitative estimate of drug-likeness (QED) is 0.294. The van der Waals surface area contributed by atoms with E-state index in [1.54, 1.807) is 7.05 Å². The average Bonchev–Trinajstić information content (AvgIpc) is 3.18. The van der Waals surface area contributed by atoms with E-state index in [0.29, 0.717) is 15.6 Å². The van der Waals surface area contributed by atoms with Gasteiger partial charge in [-0.3, -0.25) is 14.5 Å². The third-order valence-corrected chi connectivity index (χ3v) is 6.21. The minimum Gasteiger partial charge on any atom is -1.00 e. The summed E-state index contributed by atoms with van der Waals surface area (Å²) in [4.78, 5) is 37.5. The van der Waals surface area contributed by atoms with Gasteiger partial charge in [0.15, 0.2) is 0 Å². The predicted octanol–water partition coefficient (Wildman–Crippen LogP) is -3.24. The summed E-state index contributed by atoms with van der Waals surface area (Å²) in [6, 6.07) is -2.00. The molecule has 15 heteroatoms. The first-order valence-corrected chi connectivity index (χ1v) is 9.11. The number of rotatable bonds is 4. The van der Waals surface area contributed by atoms with Crippen molar-refractivity contribution in [1.29, 1.82) is 0 Å². The molecule has 0 saturated carbocycles. The van der Waals surface area contributed by atoms with Gasteiger partial charge in [-0.2, -0.15) is 13.2 Å². The molecule has 1 aromatic heterocycles. The summed E-state index contributed by atoms with van der Waals surface area (Å²) < 4.78 is 39.9. The van der Waals surface area contributed by atoms with E-state index in [0.717, 1.165) is 16.7 Å². The summed E-state index contributed by atoms with van der Waals surface area (Å²) in [6.07, 6.45) is -4.92. The zero-order valence-corrected chi connectivity index (χ0v) is 18.1. The second kappa shape index (κ2) is 7.56. The summed E-state index contributed by atoms with van der Waals surface area (Å²) in [7, 11) is 1.60. The molecule has 4 rings (SSSR count). The second-order valence-electron chi connectivity index (χ2n) is 6.69. The number of hydrogen-bond donors (Lipinski definition) is 1. The van der Waals surface area contributed by atoms with Gasteiger partial charge in [0.25, 0.3) is 5.91 Å². The number of nitrogens with zero attached hydrogens (tertiary/aromatic N) is 6. The maximum Gasteiger partial charge on any atom is 1.00 e. The van der Waals surface area contributed by atoms with Crippen molar-refractivity contribution in [3.63, 3.8) is 0 Å². The Morgan fingerprint density at radius 2 is 2.07 bits per heavy atom. The molecule has 3 aliphatic heterocycles. The Morgan fingerprint density at radius 3 is 2.62 bits per heavy atom. The molecule has 2 fully saturated rings. The molecule has 0 aliphatic carbocycles. The molecule has 3 atom stereocenters. The summed E-state index contributed by atoms with van der Waals surface area (Å²) in [5.41, 5.74) is 0.168. The Kier molecular flexibility index (Phi) is 5.75. The first-order valence-electron chi connectivity index (χ1n) is 8.12. The van der Waals surface area contributed by atoms with Crippen LogP contribution < -0.4 is 29.6 Å². The van der Waals surface area contributed by atoms with Gasteiger partial charge in [-0.05, 0) is 22.4 Å². The van der Waals surface area contributed by atoms with Gasteiger partial charge in [0.05, 0.1) is 6.04 Å². The van der Waals surface area contributed by atoms with Crippen molar-refractivity contribution in [2.45, 2.75) is 29.8 Å². The SMILES string of the molecule is Cn1nnnc1SCC1=C(C(=O)O)N2C(=O)[C@@H]3[C@H]2[C@H](C1)CN3C(=O)C(F)(F)F.[H-].[Na+]. The number of amides is 2. The molecular weight excluding hydrogens is 428 g/mol. The number of carbonyl (C=O) groups is 3. The molecule has 0 aromatic carbocycles. The fourth-order valence-electron chi connectivity index (χ4n) is 4.03. The summed E-state index contributed by atoms with van der Waals surface area (Å²) in [5.74, 6) is -4.51. The number of carboxylic acids is 1. The summed E-state index contributed by atoms with van der Waals surface area (Å²) in [5, 5.41) is 20.9. The van der Waals surface area contributed by atoms with E-state index in [1.165, 1.54) is 4.68 Å². The van der Waals surface area contributed by atoms with E-state index in [9.17, 15) is 32.7 Å². The van der Waals surface area contributed by atoms with Gasteiger partial charge in [0.2, 0.25) is 5.16 Å². The van der Waals surface area contributed by atoms with Gasteiger partial charge in [0.1, 0.15) is 11.7 Å². The number of hydrogen-bond acceptors (Lipinski definition) is 7. The number of carboxylic acid groups (broad SMARTS) is 1. The van der Waals surface area contributed by atoms with Crippen LogP contribution >= 0.6 is 11.8 Å². The van der Waals surface area contributed by atoms with Crippen molar-refractivity contribution < 1.29 is 63.6 Å². The van der Waals surface area contributed by atoms with Crippen LogP contribution in [-0.4, -0.2) is 83.5 Å². The number of halogens is 3. The van der Waals surface area contributed by atoms with Crippen LogP contribution in [0.4, 0.5) is 13.2 Å². The van der Waals surface area contributed by atoms with Crippen LogP contribution in [0, 0.1) is 5.92 Å². The number of β-lactam (4-membered cyclic amide) rings is 1. The van der Waals surface area contributed by atoms with Gasteiger partial charge < -0.3 is 11.4 Å². The number of aliphatic carboxylic acids is 1. The molecule has 0 unspecified atom stereocenters. The molecule has 2 amide bonds. The predicted molar refractivity (Wildman–Crippen MR) is 85.6 cm³/mol. The van der Waals surface area contributed by atoms with Crippen molar-refractivity contribution in [3.8, 4) is 0 Å². The van der Waals surface area contributed by atoms with Crippen molar-refractivity contribution in [2.75, 3.05) is 12.3 Å². The maximum atomic E-state index is 12.8. The van der Waals surface area contributed by atoms with E-state index >= 15 is 0 Å². The van der Waals surface area contributed by atoms with Crippen molar-refractivity contribution in [3.05, 3.63) is 11.3 Å². The topological polar surface area (TPSA) is 122 Å². The minimum atomic E-state index is -5.09. The molecule has 152 valence electrons. The molecule has 2 saturated heterocycles. The second-order valence-corrected chi connectivity index (χ2v) is 7.64. The van der Waals surface area contributed by atoms with Crippen molar-refractivity contribution >= 4 is 29.5 Å². The molecule has 29 heavy (non-hydrogen) atoms. The van der Waals surface area contributed by atoms with Crippen LogP contribution in [0.2, 0.25) is 0 Å². The molecule has 3 aliphatic rings. The van der Waals surface area contributed by atoms with Crippen LogP contribution in [0.25, 0.3) is 0 Å². The van der Waals surface area contributed by atoms with Crippen LogP contribution in [-0.2, 0) is 21.4 Å². The van der Waals surface area contributed by atoms with E-state index in [4.69, 9.17) is 0 Å². The number of thioether (sulfide) groups is 1. The molecule has 10 nitrogen and oxygen atoms in total. The van der Waals surface area contributed by atoms with Gasteiger partial charge >= 0.3 is 47.6 Å². The van der Waals surface area contributed by atoms with Crippen molar-refractivity contribution in [1.82, 2.24) is 30.0 Å². The average molecular weight is 442 g/mol. The van der Waals surface area contributed by atoms with E-state index < -0.39 is 42.0 Å². The molecule has 1 aromatic rings. The fourth-order valence-corrected chi connectivity index (χ4v) is 4.91. The number of aromatic nitrogens is 4. The molecule has 1 N–H and O–H groups in total. The number of tetrazole rings is 1.